The number of carbonyl (C=O) groups excluding carboxylic acids is 3. The predicted octanol–water partition coefficient (Wildman–Crippen LogP) is 3.02. The van der Waals surface area contributed by atoms with E-state index in [4.69, 9.17) is 4.74 Å². The average Bonchev–Trinajstić information content (AvgIpc) is 2.83. The fourth-order valence-electron chi connectivity index (χ4n) is 3.55. The minimum absolute atomic E-state index is 0.0499. The lowest BCUT2D eigenvalue weighted by molar-refractivity contribution is -0.147. The third kappa shape index (κ3) is 6.23. The molecule has 3 aromatic carbocycles. The van der Waals surface area contributed by atoms with Crippen LogP contribution in [0.2, 0.25) is 0 Å². The molecule has 0 saturated heterocycles. The molecule has 3 rings (SSSR count). The van der Waals surface area contributed by atoms with E-state index in [1.807, 2.05) is 49.4 Å². The Bertz CT molecular complexity index is 1330. The van der Waals surface area contributed by atoms with Gasteiger partial charge in [0.2, 0.25) is 15.9 Å². The van der Waals surface area contributed by atoms with Crippen LogP contribution in [0.25, 0.3) is 10.8 Å². The molecule has 0 aliphatic heterocycles. The number of nitrogens with zero attached hydrogens (tertiary/aromatic N) is 2. The van der Waals surface area contributed by atoms with Gasteiger partial charge in [0.05, 0.1) is 10.6 Å². The molecule has 0 bridgehead atoms. The Morgan fingerprint density at radius 2 is 1.60 bits per heavy atom. The van der Waals surface area contributed by atoms with Gasteiger partial charge in [-0.3, -0.25) is 14.4 Å². The van der Waals surface area contributed by atoms with Crippen molar-refractivity contribution in [2.24, 2.45) is 0 Å². The molecule has 2 amide bonds. The van der Waals surface area contributed by atoms with E-state index in [0.717, 1.165) is 15.1 Å². The largest absolute Gasteiger partial charge is 0.455 e. The van der Waals surface area contributed by atoms with Gasteiger partial charge in [-0.2, -0.15) is 4.31 Å². The summed E-state index contributed by atoms with van der Waals surface area (Å²) < 4.78 is 31.5. The summed E-state index contributed by atoms with van der Waals surface area (Å²) >= 11 is 0. The number of carbonyl (C=O) groups is 3. The van der Waals surface area contributed by atoms with Crippen molar-refractivity contribution in [1.82, 2.24) is 4.31 Å². The van der Waals surface area contributed by atoms with E-state index in [0.29, 0.717) is 17.9 Å². The number of amides is 2. The van der Waals surface area contributed by atoms with Gasteiger partial charge in [-0.15, -0.1) is 0 Å². The Balaban J connectivity index is 1.62. The molecule has 35 heavy (non-hydrogen) atoms. The average molecular weight is 498 g/mol. The predicted molar refractivity (Wildman–Crippen MR) is 133 cm³/mol. The lowest BCUT2D eigenvalue weighted by atomic mass is 10.1. The van der Waals surface area contributed by atoms with Crippen LogP contribution in [0.5, 0.6) is 0 Å². The van der Waals surface area contributed by atoms with Gasteiger partial charge >= 0.3 is 5.97 Å². The smallest absolute Gasteiger partial charge is 0.321 e. The molecule has 0 aliphatic carbocycles. The van der Waals surface area contributed by atoms with Crippen molar-refractivity contribution < 1.29 is 27.5 Å². The maximum Gasteiger partial charge on any atom is 0.321 e. The van der Waals surface area contributed by atoms with Crippen molar-refractivity contribution in [2.45, 2.75) is 18.7 Å². The zero-order valence-electron chi connectivity index (χ0n) is 19.7. The second-order valence-electron chi connectivity index (χ2n) is 7.76. The molecule has 0 radical (unpaired) electrons. The van der Waals surface area contributed by atoms with Gasteiger partial charge in [0.1, 0.15) is 6.54 Å². The number of sulfonamides is 1. The van der Waals surface area contributed by atoms with Crippen LogP contribution < -0.4 is 10.2 Å². The summed E-state index contributed by atoms with van der Waals surface area (Å²) in [6, 6.07) is 18.8. The van der Waals surface area contributed by atoms with Crippen LogP contribution in [-0.4, -0.2) is 57.3 Å². The van der Waals surface area contributed by atoms with E-state index in [2.05, 4.69) is 5.32 Å². The Kier molecular flexibility index (Phi) is 8.21. The number of fused-ring (bicyclic) bond motifs is 1. The van der Waals surface area contributed by atoms with Crippen LogP contribution in [0.3, 0.4) is 0 Å². The summed E-state index contributed by atoms with van der Waals surface area (Å²) in [6.07, 6.45) is 0. The first-order chi connectivity index (χ1) is 16.6. The summed E-state index contributed by atoms with van der Waals surface area (Å²) in [5, 5.41) is 4.42. The van der Waals surface area contributed by atoms with Crippen LogP contribution in [-0.2, 0) is 29.1 Å². The van der Waals surface area contributed by atoms with Gasteiger partial charge < -0.3 is 15.0 Å². The van der Waals surface area contributed by atoms with Crippen LogP contribution >= 0.6 is 0 Å². The monoisotopic (exact) mass is 497 g/mol. The lowest BCUT2D eigenvalue weighted by Crippen LogP contribution is -2.37. The molecular weight excluding hydrogens is 470 g/mol. The van der Waals surface area contributed by atoms with Crippen molar-refractivity contribution in [1.29, 1.82) is 0 Å². The highest BCUT2D eigenvalue weighted by atomic mass is 32.2. The molecule has 0 heterocycles. The molecule has 3 aromatic rings. The molecule has 0 spiro atoms. The molecule has 0 saturated carbocycles. The summed E-state index contributed by atoms with van der Waals surface area (Å²) in [7, 11) is -2.74. The zero-order valence-corrected chi connectivity index (χ0v) is 20.5. The first-order valence-corrected chi connectivity index (χ1v) is 12.3. The second-order valence-corrected chi connectivity index (χ2v) is 9.81. The molecule has 0 unspecified atom stereocenters. The topological polar surface area (TPSA) is 113 Å². The Morgan fingerprint density at radius 3 is 2.26 bits per heavy atom. The molecule has 184 valence electrons. The van der Waals surface area contributed by atoms with E-state index in [-0.39, 0.29) is 10.8 Å². The minimum atomic E-state index is -3.98. The molecule has 0 aromatic heterocycles. The van der Waals surface area contributed by atoms with E-state index in [1.165, 1.54) is 43.1 Å². The normalized spacial score (nSPS) is 11.3. The number of benzene rings is 3. The number of hydrogen-bond acceptors (Lipinski definition) is 6. The number of anilines is 2. The lowest BCUT2D eigenvalue weighted by Gasteiger charge is -2.23. The van der Waals surface area contributed by atoms with Crippen molar-refractivity contribution in [3.8, 4) is 0 Å². The number of rotatable bonds is 9. The molecule has 0 atom stereocenters. The van der Waals surface area contributed by atoms with Crippen molar-refractivity contribution in [2.75, 3.05) is 37.0 Å². The Labute approximate surface area is 204 Å². The molecule has 10 heteroatoms. The third-order valence-electron chi connectivity index (χ3n) is 5.27. The highest BCUT2D eigenvalue weighted by Gasteiger charge is 2.25. The van der Waals surface area contributed by atoms with E-state index < -0.39 is 35.1 Å². The van der Waals surface area contributed by atoms with Gasteiger partial charge in [-0.1, -0.05) is 36.4 Å². The number of hydrogen-bond donors (Lipinski definition) is 1. The molecule has 0 aliphatic rings. The zero-order chi connectivity index (χ0) is 25.6. The standard InChI is InChI=1S/C25H27N3O6S/c1-4-28(23-11-7-9-19-8-5-6-10-22(19)23)24(30)17-34-25(31)16-27(3)35(32,33)21-14-12-20(13-15-21)26-18(2)29/h5-15H,4,16-17H2,1-3H3,(H,26,29). The fraction of sp³-hybridized carbons (Fsp3) is 0.240. The van der Waals surface area contributed by atoms with Gasteiger partial charge in [-0.05, 0) is 42.6 Å². The molecular formula is C25H27N3O6S. The summed E-state index contributed by atoms with van der Waals surface area (Å²) in [5.74, 6) is -1.55. The summed E-state index contributed by atoms with van der Waals surface area (Å²) in [4.78, 5) is 37.7. The van der Waals surface area contributed by atoms with Gasteiger partial charge in [0, 0.05) is 31.6 Å². The third-order valence-corrected chi connectivity index (χ3v) is 7.08. The summed E-state index contributed by atoms with van der Waals surface area (Å²) in [5.41, 5.74) is 1.15. The highest BCUT2D eigenvalue weighted by Crippen LogP contribution is 2.26. The van der Waals surface area contributed by atoms with Crippen molar-refractivity contribution in [3.05, 3.63) is 66.7 Å². The summed E-state index contributed by atoms with van der Waals surface area (Å²) in [6.45, 7) is 2.45. The number of ether oxygens (including phenoxy) is 1. The quantitative estimate of drug-likeness (QED) is 0.455. The Hall–Kier alpha value is -3.76. The minimum Gasteiger partial charge on any atom is -0.455 e. The first-order valence-electron chi connectivity index (χ1n) is 10.9. The van der Waals surface area contributed by atoms with Crippen molar-refractivity contribution >= 4 is 50.0 Å². The van der Waals surface area contributed by atoms with Gasteiger partial charge in [0.25, 0.3) is 5.91 Å². The van der Waals surface area contributed by atoms with E-state index in [9.17, 15) is 22.8 Å². The number of likely N-dealkylation sites (N-methyl/N-ethyl adjacent to an activating group) is 2. The van der Waals surface area contributed by atoms with Crippen LogP contribution in [0.4, 0.5) is 11.4 Å². The molecule has 9 nitrogen and oxygen atoms in total. The maximum atomic E-state index is 12.8. The van der Waals surface area contributed by atoms with Crippen LogP contribution in [0.15, 0.2) is 71.6 Å². The van der Waals surface area contributed by atoms with Crippen LogP contribution in [0.1, 0.15) is 13.8 Å². The number of esters is 1. The first kappa shape index (κ1) is 25.9. The van der Waals surface area contributed by atoms with Gasteiger partial charge in [0.15, 0.2) is 6.61 Å². The fourth-order valence-corrected chi connectivity index (χ4v) is 4.67. The van der Waals surface area contributed by atoms with E-state index in [1.54, 1.807) is 0 Å². The van der Waals surface area contributed by atoms with Gasteiger partial charge in [-0.25, -0.2) is 8.42 Å². The Morgan fingerprint density at radius 1 is 0.943 bits per heavy atom. The molecule has 1 N–H and O–H groups in total. The second kappa shape index (κ2) is 11.1. The van der Waals surface area contributed by atoms with Crippen LogP contribution in [0, 0.1) is 0 Å². The SMILES string of the molecule is CCN(C(=O)COC(=O)CN(C)S(=O)(=O)c1ccc(NC(C)=O)cc1)c1cccc2ccccc12. The number of nitrogens with one attached hydrogen (secondary N) is 1. The maximum absolute atomic E-state index is 12.8. The highest BCUT2D eigenvalue weighted by molar-refractivity contribution is 7.89. The van der Waals surface area contributed by atoms with E-state index >= 15 is 0 Å². The molecule has 0 fully saturated rings. The van der Waals surface area contributed by atoms with Crippen molar-refractivity contribution in [3.63, 3.8) is 0 Å².